The Balaban J connectivity index is 1.76. The minimum atomic E-state index is 0.403. The van der Waals surface area contributed by atoms with E-state index in [4.69, 9.17) is 11.6 Å². The quantitative estimate of drug-likeness (QED) is 0.874. The van der Waals surface area contributed by atoms with E-state index in [1.165, 1.54) is 23.4 Å². The molecule has 1 atom stereocenters. The van der Waals surface area contributed by atoms with Crippen molar-refractivity contribution >= 4 is 22.9 Å². The van der Waals surface area contributed by atoms with Crippen LogP contribution in [-0.4, -0.2) is 17.6 Å². The van der Waals surface area contributed by atoms with E-state index in [1.54, 1.807) is 11.3 Å². The van der Waals surface area contributed by atoms with Crippen molar-refractivity contribution in [3.8, 4) is 0 Å². The van der Waals surface area contributed by atoms with Gasteiger partial charge in [-0.05, 0) is 24.5 Å². The lowest BCUT2D eigenvalue weighted by molar-refractivity contribution is 0.576. The van der Waals surface area contributed by atoms with Gasteiger partial charge in [-0.1, -0.05) is 29.8 Å². The van der Waals surface area contributed by atoms with Crippen molar-refractivity contribution in [2.45, 2.75) is 31.2 Å². The van der Waals surface area contributed by atoms with Crippen molar-refractivity contribution in [2.24, 2.45) is 0 Å². The summed E-state index contributed by atoms with van der Waals surface area (Å²) in [6, 6.07) is 8.88. The fourth-order valence-electron chi connectivity index (χ4n) is 2.26. The summed E-state index contributed by atoms with van der Waals surface area (Å²) in [5.74, 6) is 0.403. The van der Waals surface area contributed by atoms with Crippen molar-refractivity contribution in [3.05, 3.63) is 51.4 Å². The summed E-state index contributed by atoms with van der Waals surface area (Å²) in [4.78, 5) is 4.40. The van der Waals surface area contributed by atoms with Crippen molar-refractivity contribution in [3.63, 3.8) is 0 Å². The summed E-state index contributed by atoms with van der Waals surface area (Å²) in [6.45, 7) is 0.980. The number of benzene rings is 1. The van der Waals surface area contributed by atoms with Crippen LogP contribution in [0.4, 0.5) is 0 Å². The molecule has 1 unspecified atom stereocenters. The third kappa shape index (κ3) is 3.56. The molecule has 19 heavy (non-hydrogen) atoms. The van der Waals surface area contributed by atoms with Crippen LogP contribution in [0.1, 0.15) is 29.3 Å². The Hall–Kier alpha value is -0.900. The second-order valence-corrected chi connectivity index (χ2v) is 6.42. The summed E-state index contributed by atoms with van der Waals surface area (Å²) in [5, 5.41) is 7.69. The van der Waals surface area contributed by atoms with Gasteiger partial charge in [-0.2, -0.15) is 0 Å². The first-order valence-corrected chi connectivity index (χ1v) is 7.95. The molecule has 1 heterocycles. The minimum Gasteiger partial charge on any atom is -0.313 e. The van der Waals surface area contributed by atoms with Crippen LogP contribution in [0.3, 0.4) is 0 Å². The number of nitrogens with zero attached hydrogens (tertiary/aromatic N) is 1. The molecule has 1 saturated carbocycles. The average molecular weight is 293 g/mol. The molecule has 2 nitrogen and oxygen atoms in total. The van der Waals surface area contributed by atoms with Gasteiger partial charge in [-0.3, -0.25) is 0 Å². The van der Waals surface area contributed by atoms with E-state index in [0.717, 1.165) is 24.0 Å². The van der Waals surface area contributed by atoms with Crippen LogP contribution in [0.2, 0.25) is 5.02 Å². The maximum atomic E-state index is 6.35. The minimum absolute atomic E-state index is 0.403. The lowest BCUT2D eigenvalue weighted by Crippen LogP contribution is -2.25. The summed E-state index contributed by atoms with van der Waals surface area (Å²) in [7, 11) is 0. The molecule has 0 amide bonds. The first-order chi connectivity index (χ1) is 9.33. The summed E-state index contributed by atoms with van der Waals surface area (Å²) in [5.41, 5.74) is 1.23. The number of nitrogens with one attached hydrogen (secondary N) is 1. The number of rotatable bonds is 6. The Morgan fingerprint density at radius 1 is 1.37 bits per heavy atom. The van der Waals surface area contributed by atoms with Crippen LogP contribution in [-0.2, 0) is 6.42 Å². The van der Waals surface area contributed by atoms with Crippen molar-refractivity contribution in [1.82, 2.24) is 10.3 Å². The Labute approximate surface area is 122 Å². The topological polar surface area (TPSA) is 24.9 Å². The highest BCUT2D eigenvalue weighted by molar-refractivity contribution is 7.09. The van der Waals surface area contributed by atoms with E-state index >= 15 is 0 Å². The van der Waals surface area contributed by atoms with Gasteiger partial charge in [0, 0.05) is 41.5 Å². The molecule has 0 bridgehead atoms. The molecule has 1 N–H and O–H groups in total. The molecular formula is C15H17ClN2S. The third-order valence-corrected chi connectivity index (χ3v) is 4.63. The molecule has 0 spiro atoms. The molecule has 3 rings (SSSR count). The van der Waals surface area contributed by atoms with Crippen molar-refractivity contribution in [2.75, 3.05) is 6.54 Å². The van der Waals surface area contributed by atoms with Crippen LogP contribution in [0.15, 0.2) is 35.8 Å². The molecule has 1 aliphatic rings. The Morgan fingerprint density at radius 2 is 2.21 bits per heavy atom. The van der Waals surface area contributed by atoms with E-state index in [9.17, 15) is 0 Å². The second kappa shape index (κ2) is 6.04. The van der Waals surface area contributed by atoms with E-state index in [1.807, 2.05) is 23.7 Å². The smallest absolute Gasteiger partial charge is 0.0931 e. The lowest BCUT2D eigenvalue weighted by atomic mass is 9.95. The van der Waals surface area contributed by atoms with E-state index in [0.29, 0.717) is 5.92 Å². The van der Waals surface area contributed by atoms with Crippen LogP contribution < -0.4 is 5.32 Å². The maximum Gasteiger partial charge on any atom is 0.0931 e. The van der Waals surface area contributed by atoms with E-state index in [-0.39, 0.29) is 0 Å². The molecule has 1 fully saturated rings. The zero-order valence-electron chi connectivity index (χ0n) is 10.7. The van der Waals surface area contributed by atoms with Gasteiger partial charge in [0.2, 0.25) is 0 Å². The predicted molar refractivity (Wildman–Crippen MR) is 81.0 cm³/mol. The molecule has 0 saturated heterocycles. The summed E-state index contributed by atoms with van der Waals surface area (Å²) in [6.07, 6.45) is 5.46. The number of aromatic nitrogens is 1. The standard InChI is InChI=1S/C15H17ClN2S/c16-14-4-2-1-3-13(14)11(10-18-12-5-6-12)9-15-17-7-8-19-15/h1-4,7-8,11-12,18H,5-6,9-10H2. The lowest BCUT2D eigenvalue weighted by Gasteiger charge is -2.18. The summed E-state index contributed by atoms with van der Waals surface area (Å²) < 4.78 is 0. The summed E-state index contributed by atoms with van der Waals surface area (Å²) >= 11 is 8.06. The van der Waals surface area contributed by atoms with Crippen LogP contribution >= 0.6 is 22.9 Å². The fraction of sp³-hybridized carbons (Fsp3) is 0.400. The van der Waals surface area contributed by atoms with E-state index in [2.05, 4.69) is 22.4 Å². The Morgan fingerprint density at radius 3 is 2.89 bits per heavy atom. The van der Waals surface area contributed by atoms with Gasteiger partial charge in [0.05, 0.1) is 5.01 Å². The Bertz CT molecular complexity index is 523. The second-order valence-electron chi connectivity index (χ2n) is 5.03. The predicted octanol–water partition coefficient (Wildman–Crippen LogP) is 3.87. The molecule has 1 aliphatic carbocycles. The SMILES string of the molecule is Clc1ccccc1C(CNC1CC1)Cc1nccs1. The Kier molecular flexibility index (Phi) is 4.16. The van der Waals surface area contributed by atoms with Gasteiger partial charge >= 0.3 is 0 Å². The molecule has 0 radical (unpaired) electrons. The number of thiazole rings is 1. The zero-order valence-corrected chi connectivity index (χ0v) is 12.3. The largest absolute Gasteiger partial charge is 0.313 e. The normalized spacial score (nSPS) is 16.5. The van der Waals surface area contributed by atoms with Crippen molar-refractivity contribution < 1.29 is 0 Å². The van der Waals surface area contributed by atoms with Gasteiger partial charge < -0.3 is 5.32 Å². The highest BCUT2D eigenvalue weighted by Crippen LogP contribution is 2.29. The van der Waals surface area contributed by atoms with Crippen molar-refractivity contribution in [1.29, 1.82) is 0 Å². The van der Waals surface area contributed by atoms with Gasteiger partial charge in [0.1, 0.15) is 0 Å². The molecule has 1 aromatic heterocycles. The van der Waals surface area contributed by atoms with Crippen LogP contribution in [0, 0.1) is 0 Å². The van der Waals surface area contributed by atoms with Gasteiger partial charge in [-0.25, -0.2) is 4.98 Å². The third-order valence-electron chi connectivity index (χ3n) is 3.48. The molecule has 2 aromatic rings. The number of halogens is 1. The van der Waals surface area contributed by atoms with Gasteiger partial charge in [0.25, 0.3) is 0 Å². The maximum absolute atomic E-state index is 6.35. The van der Waals surface area contributed by atoms with Gasteiger partial charge in [-0.15, -0.1) is 11.3 Å². The molecule has 0 aliphatic heterocycles. The van der Waals surface area contributed by atoms with Crippen LogP contribution in [0.25, 0.3) is 0 Å². The van der Waals surface area contributed by atoms with E-state index < -0.39 is 0 Å². The molecule has 1 aromatic carbocycles. The zero-order chi connectivity index (χ0) is 13.1. The number of hydrogen-bond acceptors (Lipinski definition) is 3. The average Bonchev–Trinajstić information content (AvgIpc) is 3.11. The van der Waals surface area contributed by atoms with Crippen LogP contribution in [0.5, 0.6) is 0 Å². The first-order valence-electron chi connectivity index (χ1n) is 6.69. The number of hydrogen-bond donors (Lipinski definition) is 1. The van der Waals surface area contributed by atoms with Gasteiger partial charge in [0.15, 0.2) is 0 Å². The highest BCUT2D eigenvalue weighted by Gasteiger charge is 2.23. The molecule has 4 heteroatoms. The first kappa shape index (κ1) is 13.1. The monoisotopic (exact) mass is 292 g/mol. The fourth-order valence-corrected chi connectivity index (χ4v) is 3.25. The molecule has 100 valence electrons. The molecular weight excluding hydrogens is 276 g/mol. The highest BCUT2D eigenvalue weighted by atomic mass is 35.5.